The van der Waals surface area contributed by atoms with Gasteiger partial charge in [0, 0.05) is 24.6 Å². The lowest BCUT2D eigenvalue weighted by Gasteiger charge is -2.11. The second-order valence-corrected chi connectivity index (χ2v) is 5.40. The highest BCUT2D eigenvalue weighted by atomic mass is 19.1. The van der Waals surface area contributed by atoms with Gasteiger partial charge in [0.25, 0.3) is 11.8 Å². The van der Waals surface area contributed by atoms with E-state index in [1.165, 1.54) is 23.2 Å². The quantitative estimate of drug-likeness (QED) is 0.942. The third-order valence-electron chi connectivity index (χ3n) is 3.79. The fourth-order valence-corrected chi connectivity index (χ4v) is 2.56. The van der Waals surface area contributed by atoms with Crippen molar-refractivity contribution in [2.24, 2.45) is 5.10 Å². The molecular formula is C18H16FN3O2. The van der Waals surface area contributed by atoms with Crippen molar-refractivity contribution in [3.05, 3.63) is 71.0 Å². The topological polar surface area (TPSA) is 61.8 Å². The maximum absolute atomic E-state index is 13.3. The van der Waals surface area contributed by atoms with E-state index in [-0.39, 0.29) is 17.4 Å². The van der Waals surface area contributed by atoms with E-state index in [0.717, 1.165) is 11.3 Å². The van der Waals surface area contributed by atoms with Crippen molar-refractivity contribution in [2.75, 3.05) is 13.6 Å². The molecule has 6 heteroatoms. The van der Waals surface area contributed by atoms with Crippen LogP contribution in [0.15, 0.2) is 53.6 Å². The van der Waals surface area contributed by atoms with E-state index in [1.54, 1.807) is 31.3 Å². The Morgan fingerprint density at radius 2 is 1.88 bits per heavy atom. The van der Waals surface area contributed by atoms with Gasteiger partial charge >= 0.3 is 0 Å². The molecule has 2 aromatic rings. The highest BCUT2D eigenvalue weighted by molar-refractivity contribution is 6.06. The Labute approximate surface area is 138 Å². The molecule has 0 spiro atoms. The molecule has 0 bridgehead atoms. The third kappa shape index (κ3) is 3.17. The first kappa shape index (κ1) is 15.9. The van der Waals surface area contributed by atoms with Crippen LogP contribution < -0.4 is 5.32 Å². The summed E-state index contributed by atoms with van der Waals surface area (Å²) in [7, 11) is 1.57. The first-order valence-electron chi connectivity index (χ1n) is 7.56. The Morgan fingerprint density at radius 1 is 1.12 bits per heavy atom. The summed E-state index contributed by atoms with van der Waals surface area (Å²) in [5, 5.41) is 8.24. The summed E-state index contributed by atoms with van der Waals surface area (Å²) in [5.41, 5.74) is 2.32. The average molecular weight is 325 g/mol. The normalized spacial score (nSPS) is 13.6. The smallest absolute Gasteiger partial charge is 0.274 e. The predicted octanol–water partition coefficient (Wildman–Crippen LogP) is 2.44. The summed E-state index contributed by atoms with van der Waals surface area (Å²) in [4.78, 5) is 24.1. The van der Waals surface area contributed by atoms with Gasteiger partial charge < -0.3 is 5.32 Å². The van der Waals surface area contributed by atoms with Crippen molar-refractivity contribution in [3.8, 4) is 0 Å². The van der Waals surface area contributed by atoms with Crippen molar-refractivity contribution in [2.45, 2.75) is 6.42 Å². The summed E-state index contributed by atoms with van der Waals surface area (Å²) in [6, 6.07) is 12.6. The average Bonchev–Trinajstić information content (AvgIpc) is 3.10. The largest absolute Gasteiger partial charge is 0.355 e. The van der Waals surface area contributed by atoms with E-state index in [0.29, 0.717) is 18.5 Å². The lowest BCUT2D eigenvalue weighted by Crippen LogP contribution is -2.23. The van der Waals surface area contributed by atoms with Gasteiger partial charge in [-0.05, 0) is 35.9 Å². The maximum atomic E-state index is 13.3. The highest BCUT2D eigenvalue weighted by Gasteiger charge is 2.23. The van der Waals surface area contributed by atoms with Crippen LogP contribution >= 0.6 is 0 Å². The maximum Gasteiger partial charge on any atom is 0.274 e. The molecule has 24 heavy (non-hydrogen) atoms. The molecule has 2 aromatic carbocycles. The highest BCUT2D eigenvalue weighted by Crippen LogP contribution is 2.18. The van der Waals surface area contributed by atoms with Crippen molar-refractivity contribution in [1.29, 1.82) is 0 Å². The Bertz CT molecular complexity index is 833. The van der Waals surface area contributed by atoms with Gasteiger partial charge in [-0.1, -0.05) is 18.2 Å². The van der Waals surface area contributed by atoms with Crippen molar-refractivity contribution < 1.29 is 14.0 Å². The summed E-state index contributed by atoms with van der Waals surface area (Å²) in [6.07, 6.45) is 0.582. The lowest BCUT2D eigenvalue weighted by molar-refractivity contribution is 0.0777. The molecule has 3 rings (SSSR count). The molecule has 0 radical (unpaired) electrons. The lowest BCUT2D eigenvalue weighted by atomic mass is 10.0. The van der Waals surface area contributed by atoms with E-state index in [2.05, 4.69) is 10.4 Å². The molecule has 1 N–H and O–H groups in total. The summed E-state index contributed by atoms with van der Waals surface area (Å²) in [5.74, 6) is -0.974. The number of amides is 2. The van der Waals surface area contributed by atoms with Crippen LogP contribution in [0.3, 0.4) is 0 Å². The van der Waals surface area contributed by atoms with Gasteiger partial charge in [-0.25, -0.2) is 9.40 Å². The molecule has 1 aliphatic rings. The van der Waals surface area contributed by atoms with E-state index in [9.17, 15) is 14.0 Å². The zero-order chi connectivity index (χ0) is 17.1. The zero-order valence-corrected chi connectivity index (χ0v) is 13.1. The van der Waals surface area contributed by atoms with E-state index >= 15 is 0 Å². The summed E-state index contributed by atoms with van der Waals surface area (Å²) >= 11 is 0. The fourth-order valence-electron chi connectivity index (χ4n) is 2.56. The summed E-state index contributed by atoms with van der Waals surface area (Å²) in [6.45, 7) is 0.425. The molecule has 0 atom stereocenters. The molecule has 0 saturated heterocycles. The van der Waals surface area contributed by atoms with Crippen LogP contribution in [0.5, 0.6) is 0 Å². The van der Waals surface area contributed by atoms with Gasteiger partial charge in [-0.3, -0.25) is 9.59 Å². The van der Waals surface area contributed by atoms with Crippen LogP contribution in [0, 0.1) is 5.82 Å². The molecule has 1 aliphatic heterocycles. The van der Waals surface area contributed by atoms with Gasteiger partial charge in [0.05, 0.1) is 12.3 Å². The number of nitrogens with zero attached hydrogens (tertiary/aromatic N) is 2. The number of nitrogens with one attached hydrogen (secondary N) is 1. The van der Waals surface area contributed by atoms with Crippen molar-refractivity contribution in [1.82, 2.24) is 10.3 Å². The minimum Gasteiger partial charge on any atom is -0.355 e. The first-order chi connectivity index (χ1) is 11.6. The number of hydrogen-bond acceptors (Lipinski definition) is 3. The van der Waals surface area contributed by atoms with Gasteiger partial charge in [0.15, 0.2) is 0 Å². The Balaban J connectivity index is 1.83. The van der Waals surface area contributed by atoms with Gasteiger partial charge in [-0.15, -0.1) is 0 Å². The number of rotatable bonds is 3. The Morgan fingerprint density at radius 3 is 2.62 bits per heavy atom. The minimum absolute atomic E-state index is 0.178. The second kappa shape index (κ2) is 6.62. The van der Waals surface area contributed by atoms with Gasteiger partial charge in [0.1, 0.15) is 5.82 Å². The number of hydrazone groups is 1. The summed E-state index contributed by atoms with van der Waals surface area (Å²) < 4.78 is 13.3. The first-order valence-corrected chi connectivity index (χ1v) is 7.56. The molecule has 0 saturated carbocycles. The van der Waals surface area contributed by atoms with Gasteiger partial charge in [-0.2, -0.15) is 5.10 Å². The predicted molar refractivity (Wildman–Crippen MR) is 88.4 cm³/mol. The minimum atomic E-state index is -0.456. The Hall–Kier alpha value is -3.02. The van der Waals surface area contributed by atoms with E-state index < -0.39 is 5.82 Å². The Kier molecular flexibility index (Phi) is 4.37. The molecular weight excluding hydrogens is 309 g/mol. The number of halogens is 1. The molecule has 0 unspecified atom stereocenters. The van der Waals surface area contributed by atoms with Gasteiger partial charge in [0.2, 0.25) is 0 Å². The van der Waals surface area contributed by atoms with Crippen LogP contribution in [0.4, 0.5) is 4.39 Å². The SMILES string of the molecule is CNC(=O)c1cccc(C2=NN(C(=O)c3cccc(F)c3)CC2)c1. The van der Waals surface area contributed by atoms with Crippen LogP contribution in [-0.4, -0.2) is 36.1 Å². The number of benzene rings is 2. The molecule has 0 aromatic heterocycles. The van der Waals surface area contributed by atoms with Crippen LogP contribution in [0.1, 0.15) is 32.7 Å². The van der Waals surface area contributed by atoms with E-state index in [4.69, 9.17) is 0 Å². The molecule has 1 heterocycles. The molecule has 122 valence electrons. The molecule has 0 aliphatic carbocycles. The van der Waals surface area contributed by atoms with Crippen LogP contribution in [0.2, 0.25) is 0 Å². The fraction of sp³-hybridized carbons (Fsp3) is 0.167. The number of carbonyl (C=O) groups is 2. The molecule has 2 amide bonds. The zero-order valence-electron chi connectivity index (χ0n) is 13.1. The number of carbonyl (C=O) groups excluding carboxylic acids is 2. The molecule has 5 nitrogen and oxygen atoms in total. The van der Waals surface area contributed by atoms with Crippen molar-refractivity contribution >= 4 is 17.5 Å². The monoisotopic (exact) mass is 325 g/mol. The van der Waals surface area contributed by atoms with Crippen molar-refractivity contribution in [3.63, 3.8) is 0 Å². The second-order valence-electron chi connectivity index (χ2n) is 5.40. The third-order valence-corrected chi connectivity index (χ3v) is 3.79. The standard InChI is InChI=1S/C18H16FN3O2/c1-20-17(23)13-5-2-4-12(10-13)16-8-9-22(21-16)18(24)14-6-3-7-15(19)11-14/h2-7,10-11H,8-9H2,1H3,(H,20,23). The molecule has 0 fully saturated rings. The number of hydrogen-bond donors (Lipinski definition) is 1. The van der Waals surface area contributed by atoms with Crippen LogP contribution in [-0.2, 0) is 0 Å². The van der Waals surface area contributed by atoms with E-state index in [1.807, 2.05) is 6.07 Å². The van der Waals surface area contributed by atoms with Crippen LogP contribution in [0.25, 0.3) is 0 Å².